The number of imidazole rings is 1. The van der Waals surface area contributed by atoms with Gasteiger partial charge in [-0.15, -0.1) is 0 Å². The Morgan fingerprint density at radius 1 is 1.06 bits per heavy atom. The van der Waals surface area contributed by atoms with Crippen LogP contribution in [0.25, 0.3) is 22.6 Å². The van der Waals surface area contributed by atoms with Crippen molar-refractivity contribution in [1.29, 1.82) is 0 Å². The molecule has 2 aromatic heterocycles. The van der Waals surface area contributed by atoms with E-state index in [1.165, 1.54) is 38.5 Å². The van der Waals surface area contributed by atoms with Gasteiger partial charge in [0, 0.05) is 12.6 Å². The van der Waals surface area contributed by atoms with Crippen LogP contribution in [0.4, 0.5) is 0 Å². The highest BCUT2D eigenvalue weighted by Gasteiger charge is 2.35. The van der Waals surface area contributed by atoms with Crippen LogP contribution >= 0.6 is 0 Å². The minimum atomic E-state index is -0.241. The SMILES string of the molecule is CCn1nc(C)cc1-c1nc2ccccc2n1C(C(=O)NC1CCCCC1)C1CCCCC1. The molecule has 0 radical (unpaired) electrons. The van der Waals surface area contributed by atoms with E-state index in [0.29, 0.717) is 12.0 Å². The van der Waals surface area contributed by atoms with Crippen LogP contribution in [-0.2, 0) is 11.3 Å². The topological polar surface area (TPSA) is 64.7 Å². The number of benzene rings is 1. The lowest BCUT2D eigenvalue weighted by atomic mass is 9.82. The van der Waals surface area contributed by atoms with E-state index in [0.717, 1.165) is 60.5 Å². The van der Waals surface area contributed by atoms with Gasteiger partial charge in [-0.05, 0) is 63.6 Å². The van der Waals surface area contributed by atoms with Gasteiger partial charge in [0.25, 0.3) is 0 Å². The van der Waals surface area contributed by atoms with Gasteiger partial charge in [0.1, 0.15) is 11.7 Å². The molecular formula is C27H37N5O. The maximum absolute atomic E-state index is 14.0. The van der Waals surface area contributed by atoms with E-state index in [1.807, 2.05) is 17.7 Å². The lowest BCUT2D eigenvalue weighted by Crippen LogP contribution is -2.43. The number of hydrogen-bond donors (Lipinski definition) is 1. The predicted octanol–water partition coefficient (Wildman–Crippen LogP) is 5.80. The molecule has 0 aliphatic heterocycles. The summed E-state index contributed by atoms with van der Waals surface area (Å²) in [5, 5.41) is 8.16. The number of amides is 1. The third kappa shape index (κ3) is 4.44. The Kier molecular flexibility index (Phi) is 6.52. The molecule has 2 aliphatic rings. The van der Waals surface area contributed by atoms with E-state index in [9.17, 15) is 4.79 Å². The highest BCUT2D eigenvalue weighted by Crippen LogP contribution is 2.38. The van der Waals surface area contributed by atoms with Crippen molar-refractivity contribution in [2.24, 2.45) is 5.92 Å². The van der Waals surface area contributed by atoms with Crippen LogP contribution in [-0.4, -0.2) is 31.3 Å². The second kappa shape index (κ2) is 9.70. The highest BCUT2D eigenvalue weighted by atomic mass is 16.2. The first-order chi connectivity index (χ1) is 16.2. The molecule has 176 valence electrons. The van der Waals surface area contributed by atoms with Crippen molar-refractivity contribution in [2.75, 3.05) is 0 Å². The molecule has 2 aliphatic carbocycles. The van der Waals surface area contributed by atoms with Crippen LogP contribution in [0.15, 0.2) is 30.3 Å². The molecule has 2 heterocycles. The third-order valence-corrected chi connectivity index (χ3v) is 7.62. The number of rotatable bonds is 6. The molecule has 2 fully saturated rings. The Hall–Kier alpha value is -2.63. The van der Waals surface area contributed by atoms with Crippen LogP contribution in [0, 0.1) is 12.8 Å². The average Bonchev–Trinajstić information content (AvgIpc) is 3.41. The van der Waals surface area contributed by atoms with Crippen molar-refractivity contribution >= 4 is 16.9 Å². The van der Waals surface area contributed by atoms with Crippen LogP contribution in [0.2, 0.25) is 0 Å². The maximum Gasteiger partial charge on any atom is 0.243 e. The minimum absolute atomic E-state index is 0.178. The molecule has 1 unspecified atom stereocenters. The van der Waals surface area contributed by atoms with Crippen molar-refractivity contribution in [3.8, 4) is 11.5 Å². The summed E-state index contributed by atoms with van der Waals surface area (Å²) in [6.07, 6.45) is 11.8. The summed E-state index contributed by atoms with van der Waals surface area (Å²) >= 11 is 0. The van der Waals surface area contributed by atoms with Gasteiger partial charge in [0.15, 0.2) is 5.82 Å². The first kappa shape index (κ1) is 22.2. The molecule has 6 heteroatoms. The fourth-order valence-electron chi connectivity index (χ4n) is 6.00. The van der Waals surface area contributed by atoms with Crippen molar-refractivity contribution in [2.45, 2.75) is 96.7 Å². The quantitative estimate of drug-likeness (QED) is 0.519. The zero-order chi connectivity index (χ0) is 22.8. The fourth-order valence-corrected chi connectivity index (χ4v) is 6.00. The lowest BCUT2D eigenvalue weighted by molar-refractivity contribution is -0.127. The number of carbonyl (C=O) groups excluding carboxylic acids is 1. The van der Waals surface area contributed by atoms with Crippen LogP contribution in [0.1, 0.15) is 82.9 Å². The molecule has 0 saturated heterocycles. The number of aryl methyl sites for hydroxylation is 2. The number of aromatic nitrogens is 4. The van der Waals surface area contributed by atoms with Gasteiger partial charge in [0.2, 0.25) is 5.91 Å². The molecule has 5 rings (SSSR count). The van der Waals surface area contributed by atoms with Crippen molar-refractivity contribution in [3.63, 3.8) is 0 Å². The average molecular weight is 448 g/mol. The van der Waals surface area contributed by atoms with E-state index in [1.54, 1.807) is 0 Å². The molecule has 33 heavy (non-hydrogen) atoms. The summed E-state index contributed by atoms with van der Waals surface area (Å²) in [6, 6.07) is 10.4. The summed E-state index contributed by atoms with van der Waals surface area (Å²) in [7, 11) is 0. The smallest absolute Gasteiger partial charge is 0.243 e. The molecule has 1 amide bonds. The Morgan fingerprint density at radius 2 is 1.76 bits per heavy atom. The van der Waals surface area contributed by atoms with Gasteiger partial charge in [-0.2, -0.15) is 5.10 Å². The summed E-state index contributed by atoms with van der Waals surface area (Å²) < 4.78 is 4.27. The standard InChI is InChI=1S/C27H37N5O/c1-3-31-24(18-19(2)30-31)26-29-22-16-10-11-17-23(22)32(26)25(20-12-6-4-7-13-20)27(33)28-21-14-8-5-9-15-21/h10-11,16-18,20-21,25H,3-9,12-15H2,1-2H3,(H,28,33). The third-order valence-electron chi connectivity index (χ3n) is 7.62. The summed E-state index contributed by atoms with van der Waals surface area (Å²) in [5.41, 5.74) is 3.97. The zero-order valence-corrected chi connectivity index (χ0v) is 20.1. The Morgan fingerprint density at radius 3 is 2.48 bits per heavy atom. The lowest BCUT2D eigenvalue weighted by Gasteiger charge is -2.33. The number of fused-ring (bicyclic) bond motifs is 1. The number of para-hydroxylation sites is 2. The van der Waals surface area contributed by atoms with Crippen molar-refractivity contribution in [1.82, 2.24) is 24.6 Å². The van der Waals surface area contributed by atoms with Gasteiger partial charge >= 0.3 is 0 Å². The first-order valence-electron chi connectivity index (χ1n) is 13.0. The largest absolute Gasteiger partial charge is 0.352 e. The summed E-state index contributed by atoms with van der Waals surface area (Å²) in [6.45, 7) is 4.91. The minimum Gasteiger partial charge on any atom is -0.352 e. The van der Waals surface area contributed by atoms with Gasteiger partial charge in [0.05, 0.1) is 16.7 Å². The molecule has 1 aromatic carbocycles. The van der Waals surface area contributed by atoms with E-state index >= 15 is 0 Å². The molecule has 3 aromatic rings. The molecule has 0 bridgehead atoms. The maximum atomic E-state index is 14.0. The van der Waals surface area contributed by atoms with Crippen LogP contribution < -0.4 is 5.32 Å². The van der Waals surface area contributed by atoms with Gasteiger partial charge in [-0.25, -0.2) is 4.98 Å². The van der Waals surface area contributed by atoms with Gasteiger partial charge in [-0.1, -0.05) is 50.7 Å². The van der Waals surface area contributed by atoms with E-state index in [2.05, 4.69) is 46.2 Å². The zero-order valence-electron chi connectivity index (χ0n) is 20.1. The number of carbonyl (C=O) groups is 1. The highest BCUT2D eigenvalue weighted by molar-refractivity contribution is 5.87. The van der Waals surface area contributed by atoms with Crippen molar-refractivity contribution < 1.29 is 4.79 Å². The first-order valence-corrected chi connectivity index (χ1v) is 13.0. The second-order valence-electron chi connectivity index (χ2n) is 9.97. The Balaban J connectivity index is 1.63. The molecule has 2 saturated carbocycles. The number of nitrogens with zero attached hydrogens (tertiary/aromatic N) is 4. The molecule has 6 nitrogen and oxygen atoms in total. The molecule has 1 N–H and O–H groups in total. The molecule has 0 spiro atoms. The van der Waals surface area contributed by atoms with E-state index in [-0.39, 0.29) is 11.9 Å². The Labute approximate surface area is 196 Å². The van der Waals surface area contributed by atoms with E-state index < -0.39 is 0 Å². The number of nitrogens with one attached hydrogen (secondary N) is 1. The predicted molar refractivity (Wildman–Crippen MR) is 132 cm³/mol. The van der Waals surface area contributed by atoms with Crippen molar-refractivity contribution in [3.05, 3.63) is 36.0 Å². The second-order valence-corrected chi connectivity index (χ2v) is 9.97. The number of hydrogen-bond acceptors (Lipinski definition) is 3. The fraction of sp³-hybridized carbons (Fsp3) is 0.593. The van der Waals surface area contributed by atoms with Gasteiger partial charge < -0.3 is 9.88 Å². The van der Waals surface area contributed by atoms with E-state index in [4.69, 9.17) is 4.98 Å². The Bertz CT molecular complexity index is 1100. The summed E-state index contributed by atoms with van der Waals surface area (Å²) in [4.78, 5) is 19.1. The van der Waals surface area contributed by atoms with Gasteiger partial charge in [-0.3, -0.25) is 9.48 Å². The normalized spacial score (nSPS) is 19.1. The van der Waals surface area contributed by atoms with Crippen LogP contribution in [0.3, 0.4) is 0 Å². The molecular weight excluding hydrogens is 410 g/mol. The summed E-state index contributed by atoms with van der Waals surface area (Å²) in [5.74, 6) is 1.38. The molecule has 1 atom stereocenters. The van der Waals surface area contributed by atoms with Crippen LogP contribution in [0.5, 0.6) is 0 Å². The monoisotopic (exact) mass is 447 g/mol.